The summed E-state index contributed by atoms with van der Waals surface area (Å²) in [5.74, 6) is -1.80. The summed E-state index contributed by atoms with van der Waals surface area (Å²) in [5, 5.41) is 8.61. The van der Waals surface area contributed by atoms with Gasteiger partial charge in [-0.2, -0.15) is 5.26 Å². The van der Waals surface area contributed by atoms with E-state index in [0.717, 1.165) is 0 Å². The maximum Gasteiger partial charge on any atom is 0.380 e. The van der Waals surface area contributed by atoms with Crippen LogP contribution in [0.15, 0.2) is 24.3 Å². The highest BCUT2D eigenvalue weighted by Crippen LogP contribution is 2.06. The summed E-state index contributed by atoms with van der Waals surface area (Å²) < 4.78 is 4.56. The Balaban J connectivity index is 2.86. The number of carbonyl (C=O) groups is 2. The molecule has 0 amide bonds. The van der Waals surface area contributed by atoms with Crippen molar-refractivity contribution in [1.29, 1.82) is 5.26 Å². The molecular weight excluding hydrogens is 238 g/mol. The number of ketones is 1. The molecule has 1 aromatic carbocycles. The molecule has 0 saturated carbocycles. The fraction of sp³-hybridized carbons (Fsp3) is 0.167. The summed E-state index contributed by atoms with van der Waals surface area (Å²) >= 11 is 4.88. The van der Waals surface area contributed by atoms with Crippen molar-refractivity contribution < 1.29 is 14.3 Å². The molecule has 4 nitrogen and oxygen atoms in total. The van der Waals surface area contributed by atoms with Gasteiger partial charge in [0.25, 0.3) is 5.78 Å². The van der Waals surface area contributed by atoms with Crippen molar-refractivity contribution in [2.24, 2.45) is 0 Å². The lowest BCUT2D eigenvalue weighted by Gasteiger charge is -2.02. The van der Waals surface area contributed by atoms with Gasteiger partial charge in [-0.1, -0.05) is 24.4 Å². The molecule has 17 heavy (non-hydrogen) atoms. The van der Waals surface area contributed by atoms with Gasteiger partial charge >= 0.3 is 5.97 Å². The summed E-state index contributed by atoms with van der Waals surface area (Å²) in [6, 6.07) is 8.05. The van der Waals surface area contributed by atoms with E-state index in [1.165, 1.54) is 24.3 Å². The van der Waals surface area contributed by atoms with Crippen LogP contribution < -0.4 is 0 Å². The second-order valence-electron chi connectivity index (χ2n) is 3.07. The fourth-order valence-corrected chi connectivity index (χ4v) is 1.34. The smallest absolute Gasteiger partial charge is 0.380 e. The minimum absolute atomic E-state index is 0.104. The van der Waals surface area contributed by atoms with Gasteiger partial charge in [0.2, 0.25) is 0 Å². The lowest BCUT2D eigenvalue weighted by atomic mass is 10.1. The van der Waals surface area contributed by atoms with Crippen molar-refractivity contribution >= 4 is 28.8 Å². The van der Waals surface area contributed by atoms with Gasteiger partial charge in [-0.05, 0) is 24.6 Å². The number of thiocarbonyl (C=S) groups is 1. The molecule has 0 saturated heterocycles. The number of carbonyl (C=O) groups excluding carboxylic acids is 2. The second-order valence-corrected chi connectivity index (χ2v) is 3.48. The van der Waals surface area contributed by atoms with Gasteiger partial charge in [-0.15, -0.1) is 0 Å². The summed E-state index contributed by atoms with van der Waals surface area (Å²) in [5.41, 5.74) is 0.886. The van der Waals surface area contributed by atoms with Crippen molar-refractivity contribution in [1.82, 2.24) is 0 Å². The maximum atomic E-state index is 11.5. The van der Waals surface area contributed by atoms with Crippen LogP contribution in [0.3, 0.4) is 0 Å². The van der Waals surface area contributed by atoms with E-state index in [9.17, 15) is 9.59 Å². The van der Waals surface area contributed by atoms with Crippen LogP contribution >= 0.6 is 12.2 Å². The van der Waals surface area contributed by atoms with E-state index in [4.69, 9.17) is 17.5 Å². The Hall–Kier alpha value is -2.06. The van der Waals surface area contributed by atoms with Gasteiger partial charge in [0, 0.05) is 0 Å². The summed E-state index contributed by atoms with van der Waals surface area (Å²) in [7, 11) is 0. The van der Waals surface area contributed by atoms with Crippen molar-refractivity contribution in [3.8, 4) is 6.07 Å². The Labute approximate surface area is 104 Å². The molecule has 0 spiro atoms. The number of rotatable bonds is 4. The summed E-state index contributed by atoms with van der Waals surface area (Å²) in [4.78, 5) is 22.6. The van der Waals surface area contributed by atoms with Gasteiger partial charge in [0.15, 0.2) is 0 Å². The van der Waals surface area contributed by atoms with E-state index in [1.54, 1.807) is 6.92 Å². The third kappa shape index (κ3) is 3.20. The van der Waals surface area contributed by atoms with Crippen LogP contribution in [0.2, 0.25) is 0 Å². The van der Waals surface area contributed by atoms with Gasteiger partial charge in [0.1, 0.15) is 0 Å². The number of hydrogen-bond donors (Lipinski definition) is 0. The molecular formula is C12H9NO3S. The maximum absolute atomic E-state index is 11.5. The fourth-order valence-electron chi connectivity index (χ4n) is 1.12. The first-order chi connectivity index (χ1) is 8.10. The Morgan fingerprint density at radius 1 is 1.35 bits per heavy atom. The highest BCUT2D eigenvalue weighted by molar-refractivity contribution is 7.82. The zero-order chi connectivity index (χ0) is 12.8. The molecule has 0 aliphatic heterocycles. The normalized spacial score (nSPS) is 9.18. The van der Waals surface area contributed by atoms with Crippen molar-refractivity contribution in [2.75, 3.05) is 6.61 Å². The van der Waals surface area contributed by atoms with E-state index < -0.39 is 11.8 Å². The minimum Gasteiger partial charge on any atom is -0.460 e. The van der Waals surface area contributed by atoms with Crippen LogP contribution in [-0.2, 0) is 14.3 Å². The molecule has 0 aromatic heterocycles. The molecule has 0 atom stereocenters. The zero-order valence-electron chi connectivity index (χ0n) is 9.10. The number of nitriles is 1. The van der Waals surface area contributed by atoms with Crippen LogP contribution in [0.25, 0.3) is 0 Å². The molecule has 0 fully saturated rings. The number of ether oxygens (including phenoxy) is 1. The molecule has 1 rings (SSSR count). The van der Waals surface area contributed by atoms with E-state index in [-0.39, 0.29) is 11.5 Å². The highest BCUT2D eigenvalue weighted by Gasteiger charge is 2.21. The summed E-state index contributed by atoms with van der Waals surface area (Å²) in [6.07, 6.45) is 0. The molecule has 0 aliphatic rings. The second kappa shape index (κ2) is 5.87. The first kappa shape index (κ1) is 13.0. The van der Waals surface area contributed by atoms with Crippen molar-refractivity contribution in [3.05, 3.63) is 35.4 Å². The molecule has 0 heterocycles. The number of esters is 1. The third-order valence-electron chi connectivity index (χ3n) is 1.94. The molecule has 1 aromatic rings. The standard InChI is InChI=1S/C12H9NO3S/c1-2-16-12(15)10(14)11(17)9-5-3-8(7-13)4-6-9/h3-6H,2H2,1H3. The topological polar surface area (TPSA) is 67.2 Å². The Bertz CT molecular complexity index is 499. The monoisotopic (exact) mass is 247 g/mol. The minimum atomic E-state index is -0.957. The molecule has 0 bridgehead atoms. The number of nitrogens with zero attached hydrogens (tertiary/aromatic N) is 1. The van der Waals surface area contributed by atoms with E-state index in [1.807, 2.05) is 6.07 Å². The molecule has 86 valence electrons. The molecule has 0 aliphatic carbocycles. The van der Waals surface area contributed by atoms with Crippen molar-refractivity contribution in [2.45, 2.75) is 6.92 Å². The number of Topliss-reactive ketones (excluding diaryl/α,β-unsaturated/α-hetero) is 1. The predicted molar refractivity (Wildman–Crippen MR) is 64.5 cm³/mol. The van der Waals surface area contributed by atoms with Gasteiger partial charge < -0.3 is 4.74 Å². The van der Waals surface area contributed by atoms with Crippen LogP contribution in [0, 0.1) is 11.3 Å². The summed E-state index contributed by atoms with van der Waals surface area (Å²) in [6.45, 7) is 1.73. The highest BCUT2D eigenvalue weighted by atomic mass is 32.1. The average Bonchev–Trinajstić information content (AvgIpc) is 2.37. The SMILES string of the molecule is CCOC(=O)C(=O)C(=S)c1ccc(C#N)cc1. The van der Waals surface area contributed by atoms with Crippen LogP contribution in [0.4, 0.5) is 0 Å². The lowest BCUT2D eigenvalue weighted by Crippen LogP contribution is -2.25. The molecule has 0 radical (unpaired) electrons. The quantitative estimate of drug-likeness (QED) is 0.348. The van der Waals surface area contributed by atoms with Crippen molar-refractivity contribution in [3.63, 3.8) is 0 Å². The van der Waals surface area contributed by atoms with Gasteiger partial charge in [-0.3, -0.25) is 4.79 Å². The lowest BCUT2D eigenvalue weighted by molar-refractivity contribution is -0.150. The third-order valence-corrected chi connectivity index (χ3v) is 2.36. The first-order valence-electron chi connectivity index (χ1n) is 4.86. The van der Waals surface area contributed by atoms with Crippen LogP contribution in [0.1, 0.15) is 18.1 Å². The van der Waals surface area contributed by atoms with E-state index >= 15 is 0 Å². The largest absolute Gasteiger partial charge is 0.460 e. The average molecular weight is 247 g/mol. The number of hydrogen-bond acceptors (Lipinski definition) is 5. The van der Waals surface area contributed by atoms with Gasteiger partial charge in [0.05, 0.1) is 23.1 Å². The first-order valence-corrected chi connectivity index (χ1v) is 5.27. The molecule has 5 heteroatoms. The number of benzene rings is 1. The Morgan fingerprint density at radius 3 is 2.41 bits per heavy atom. The molecule has 0 unspecified atom stereocenters. The predicted octanol–water partition coefficient (Wildman–Crippen LogP) is 1.41. The zero-order valence-corrected chi connectivity index (χ0v) is 9.91. The van der Waals surface area contributed by atoms with Crippen LogP contribution in [0.5, 0.6) is 0 Å². The van der Waals surface area contributed by atoms with Crippen LogP contribution in [-0.4, -0.2) is 23.2 Å². The van der Waals surface area contributed by atoms with E-state index in [2.05, 4.69) is 4.74 Å². The van der Waals surface area contributed by atoms with Gasteiger partial charge in [-0.25, -0.2) is 4.79 Å². The van der Waals surface area contributed by atoms with E-state index in [0.29, 0.717) is 11.1 Å². The Morgan fingerprint density at radius 2 is 1.94 bits per heavy atom. The Kier molecular flexibility index (Phi) is 4.49. The molecule has 0 N–H and O–H groups in total.